The van der Waals surface area contributed by atoms with Gasteiger partial charge in [0.05, 0.1) is 5.02 Å². The van der Waals surface area contributed by atoms with Crippen LogP contribution in [0.3, 0.4) is 0 Å². The summed E-state index contributed by atoms with van der Waals surface area (Å²) in [5, 5.41) is 3.26. The highest BCUT2D eigenvalue weighted by Crippen LogP contribution is 2.34. The molecule has 1 heterocycles. The van der Waals surface area contributed by atoms with E-state index >= 15 is 0 Å². The van der Waals surface area contributed by atoms with Crippen molar-refractivity contribution in [3.63, 3.8) is 0 Å². The summed E-state index contributed by atoms with van der Waals surface area (Å²) in [6.45, 7) is 5.72. The Kier molecular flexibility index (Phi) is 7.25. The number of piperazine rings is 1. The van der Waals surface area contributed by atoms with Crippen LogP contribution in [0.5, 0.6) is 5.75 Å². The van der Waals surface area contributed by atoms with Crippen LogP contribution in [0.25, 0.3) is 0 Å². The van der Waals surface area contributed by atoms with Crippen LogP contribution in [0.4, 0.5) is 13.2 Å². The molecule has 1 aromatic rings. The fourth-order valence-electron chi connectivity index (χ4n) is 2.63. The van der Waals surface area contributed by atoms with Crippen LogP contribution in [0.15, 0.2) is 18.2 Å². The van der Waals surface area contributed by atoms with Crippen molar-refractivity contribution < 1.29 is 17.9 Å². The molecule has 1 aliphatic rings. The summed E-state index contributed by atoms with van der Waals surface area (Å²) in [6, 6.07) is 4.67. The van der Waals surface area contributed by atoms with Gasteiger partial charge in [-0.2, -0.15) is 0 Å². The zero-order chi connectivity index (χ0) is 15.5. The quantitative estimate of drug-likeness (QED) is 0.879. The van der Waals surface area contributed by atoms with E-state index in [0.717, 1.165) is 38.2 Å². The van der Waals surface area contributed by atoms with Crippen LogP contribution in [0, 0.1) is 0 Å². The van der Waals surface area contributed by atoms with Gasteiger partial charge in [0.25, 0.3) is 0 Å². The van der Waals surface area contributed by atoms with Crippen molar-refractivity contribution in [3.05, 3.63) is 28.8 Å². The lowest BCUT2D eigenvalue weighted by Crippen LogP contribution is -2.45. The van der Waals surface area contributed by atoms with Gasteiger partial charge in [0, 0.05) is 32.2 Å². The Morgan fingerprint density at radius 1 is 1.32 bits per heavy atom. The molecule has 0 unspecified atom stereocenters. The van der Waals surface area contributed by atoms with Crippen molar-refractivity contribution in [2.75, 3.05) is 26.2 Å². The number of nitrogens with zero attached hydrogens (tertiary/aromatic N) is 1. The predicted molar refractivity (Wildman–Crippen MR) is 82.9 cm³/mol. The molecular formula is C14H19Cl2F3N2O. The maximum absolute atomic E-state index is 12.2. The van der Waals surface area contributed by atoms with Gasteiger partial charge in [-0.1, -0.05) is 24.6 Å². The van der Waals surface area contributed by atoms with E-state index in [4.69, 9.17) is 11.6 Å². The van der Waals surface area contributed by atoms with Crippen molar-refractivity contribution in [3.8, 4) is 5.75 Å². The number of ether oxygens (including phenoxy) is 1. The molecule has 0 radical (unpaired) electrons. The number of rotatable bonds is 4. The fourth-order valence-corrected chi connectivity index (χ4v) is 2.86. The maximum atomic E-state index is 12.2. The minimum Gasteiger partial charge on any atom is -0.404 e. The van der Waals surface area contributed by atoms with Crippen LogP contribution in [0.1, 0.15) is 24.9 Å². The van der Waals surface area contributed by atoms with Gasteiger partial charge in [-0.3, -0.25) is 4.90 Å². The summed E-state index contributed by atoms with van der Waals surface area (Å²) in [4.78, 5) is 2.31. The Balaban J connectivity index is 0.00000242. The molecule has 8 heteroatoms. The van der Waals surface area contributed by atoms with E-state index in [9.17, 15) is 13.2 Å². The summed E-state index contributed by atoms with van der Waals surface area (Å²) >= 11 is 5.92. The van der Waals surface area contributed by atoms with Crippen LogP contribution >= 0.6 is 24.0 Å². The van der Waals surface area contributed by atoms with Gasteiger partial charge in [0.1, 0.15) is 5.75 Å². The largest absolute Gasteiger partial charge is 0.573 e. The summed E-state index contributed by atoms with van der Waals surface area (Å²) in [5.41, 5.74) is 0.916. The molecule has 126 valence electrons. The maximum Gasteiger partial charge on any atom is 0.573 e. The Bertz CT molecular complexity index is 480. The van der Waals surface area contributed by atoms with Gasteiger partial charge in [-0.05, 0) is 24.1 Å². The average molecular weight is 359 g/mol. The van der Waals surface area contributed by atoms with Gasteiger partial charge in [0.15, 0.2) is 0 Å². The van der Waals surface area contributed by atoms with E-state index in [2.05, 4.69) is 21.9 Å². The van der Waals surface area contributed by atoms with Gasteiger partial charge >= 0.3 is 6.36 Å². The Labute approximate surface area is 139 Å². The minimum absolute atomic E-state index is 0. The monoisotopic (exact) mass is 358 g/mol. The Hall–Kier alpha value is -0.690. The first-order chi connectivity index (χ1) is 9.90. The zero-order valence-electron chi connectivity index (χ0n) is 12.1. The van der Waals surface area contributed by atoms with Crippen molar-refractivity contribution in [1.82, 2.24) is 10.2 Å². The van der Waals surface area contributed by atoms with Crippen molar-refractivity contribution in [2.24, 2.45) is 0 Å². The lowest BCUT2D eigenvalue weighted by molar-refractivity contribution is -0.274. The summed E-state index contributed by atoms with van der Waals surface area (Å²) in [7, 11) is 0. The molecule has 0 spiro atoms. The SMILES string of the molecule is CC[C@H](c1ccc(OC(F)(F)F)c(Cl)c1)N1CCNCC1.Cl. The second kappa shape index (κ2) is 8.24. The highest BCUT2D eigenvalue weighted by atomic mass is 35.5. The number of halogens is 5. The van der Waals surface area contributed by atoms with E-state index in [1.165, 1.54) is 6.07 Å². The Morgan fingerprint density at radius 3 is 2.45 bits per heavy atom. The van der Waals surface area contributed by atoms with E-state index in [-0.39, 0.29) is 29.2 Å². The molecule has 1 aromatic carbocycles. The second-order valence-electron chi connectivity index (χ2n) is 4.95. The highest BCUT2D eigenvalue weighted by molar-refractivity contribution is 6.32. The third-order valence-corrected chi connectivity index (χ3v) is 3.84. The van der Waals surface area contributed by atoms with Gasteiger partial charge < -0.3 is 10.1 Å². The van der Waals surface area contributed by atoms with E-state index in [1.807, 2.05) is 0 Å². The van der Waals surface area contributed by atoms with Gasteiger partial charge in [-0.25, -0.2) is 0 Å². The first-order valence-corrected chi connectivity index (χ1v) is 7.28. The molecule has 2 rings (SSSR count). The molecule has 1 atom stereocenters. The van der Waals surface area contributed by atoms with E-state index < -0.39 is 6.36 Å². The molecule has 1 fully saturated rings. The molecule has 0 bridgehead atoms. The van der Waals surface area contributed by atoms with Crippen molar-refractivity contribution >= 4 is 24.0 Å². The predicted octanol–water partition coefficient (Wildman–Crippen LogP) is 4.02. The van der Waals surface area contributed by atoms with E-state index in [1.54, 1.807) is 12.1 Å². The summed E-state index contributed by atoms with van der Waals surface area (Å²) in [5.74, 6) is -0.358. The smallest absolute Gasteiger partial charge is 0.404 e. The molecule has 1 aliphatic heterocycles. The molecule has 1 N–H and O–H groups in total. The first-order valence-electron chi connectivity index (χ1n) is 6.90. The third kappa shape index (κ3) is 5.19. The lowest BCUT2D eigenvalue weighted by atomic mass is 10.0. The Morgan fingerprint density at radius 2 is 1.95 bits per heavy atom. The lowest BCUT2D eigenvalue weighted by Gasteiger charge is -2.34. The van der Waals surface area contributed by atoms with Crippen LogP contribution in [-0.4, -0.2) is 37.4 Å². The standard InChI is InChI=1S/C14H18ClF3N2O.ClH/c1-2-12(20-7-5-19-6-8-20)10-3-4-13(11(15)9-10)21-14(16,17)18;/h3-4,9,12,19H,2,5-8H2,1H3;1H/t12-;/m1./s1. The zero-order valence-corrected chi connectivity index (χ0v) is 13.7. The highest BCUT2D eigenvalue weighted by Gasteiger charge is 2.32. The molecule has 0 saturated carbocycles. The molecule has 1 saturated heterocycles. The molecule has 0 aromatic heterocycles. The van der Waals surface area contributed by atoms with Crippen LogP contribution in [0.2, 0.25) is 5.02 Å². The number of hydrogen-bond acceptors (Lipinski definition) is 3. The molecule has 3 nitrogen and oxygen atoms in total. The molecule has 0 amide bonds. The van der Waals surface area contributed by atoms with Gasteiger partial charge in [-0.15, -0.1) is 25.6 Å². The molecule has 22 heavy (non-hydrogen) atoms. The summed E-state index contributed by atoms with van der Waals surface area (Å²) < 4.78 is 40.6. The molecular weight excluding hydrogens is 340 g/mol. The number of benzene rings is 1. The van der Waals surface area contributed by atoms with Crippen LogP contribution < -0.4 is 10.1 Å². The minimum atomic E-state index is -4.73. The third-order valence-electron chi connectivity index (χ3n) is 3.55. The van der Waals surface area contributed by atoms with Crippen molar-refractivity contribution in [1.29, 1.82) is 0 Å². The fraction of sp³-hybridized carbons (Fsp3) is 0.571. The second-order valence-corrected chi connectivity index (χ2v) is 5.35. The number of alkyl halides is 3. The topological polar surface area (TPSA) is 24.5 Å². The number of nitrogens with one attached hydrogen (secondary N) is 1. The van der Waals surface area contributed by atoms with Crippen LogP contribution in [-0.2, 0) is 0 Å². The number of hydrogen-bond donors (Lipinski definition) is 1. The average Bonchev–Trinajstić information content (AvgIpc) is 2.42. The first kappa shape index (κ1) is 19.4. The summed E-state index contributed by atoms with van der Waals surface area (Å²) in [6.07, 6.45) is -3.86. The van der Waals surface area contributed by atoms with Gasteiger partial charge in [0.2, 0.25) is 0 Å². The van der Waals surface area contributed by atoms with E-state index in [0.29, 0.717) is 0 Å². The molecule has 0 aliphatic carbocycles. The van der Waals surface area contributed by atoms with Crippen molar-refractivity contribution in [2.45, 2.75) is 25.7 Å². The normalized spacial score (nSPS) is 17.7.